The predicted octanol–water partition coefficient (Wildman–Crippen LogP) is 2.60. The summed E-state index contributed by atoms with van der Waals surface area (Å²) in [6.07, 6.45) is 2.58. The second-order valence-corrected chi connectivity index (χ2v) is 5.30. The van der Waals surface area contributed by atoms with Crippen LogP contribution in [0.2, 0.25) is 0 Å². The molecular formula is C13H22N2O. The fourth-order valence-corrected chi connectivity index (χ4v) is 1.58. The molecule has 0 aliphatic carbocycles. The van der Waals surface area contributed by atoms with Crippen molar-refractivity contribution in [3.63, 3.8) is 0 Å². The molecule has 1 rings (SSSR count). The van der Waals surface area contributed by atoms with E-state index in [1.165, 1.54) is 0 Å². The van der Waals surface area contributed by atoms with Crippen LogP contribution in [0.3, 0.4) is 0 Å². The maximum Gasteiger partial charge on any atom is 0.126 e. The van der Waals surface area contributed by atoms with Crippen LogP contribution in [0.15, 0.2) is 18.3 Å². The van der Waals surface area contributed by atoms with E-state index in [0.29, 0.717) is 0 Å². The molecular weight excluding hydrogens is 200 g/mol. The van der Waals surface area contributed by atoms with E-state index < -0.39 is 0 Å². The smallest absolute Gasteiger partial charge is 0.126 e. The summed E-state index contributed by atoms with van der Waals surface area (Å²) in [4.78, 5) is 4.32. The van der Waals surface area contributed by atoms with E-state index in [2.05, 4.69) is 31.1 Å². The highest BCUT2D eigenvalue weighted by Gasteiger charge is 2.24. The summed E-state index contributed by atoms with van der Waals surface area (Å²) in [6.45, 7) is 8.70. The molecule has 1 unspecified atom stereocenters. The molecule has 90 valence electrons. The van der Waals surface area contributed by atoms with Gasteiger partial charge in [0.1, 0.15) is 5.82 Å². The maximum atomic E-state index is 9.06. The number of aliphatic hydroxyl groups is 1. The van der Waals surface area contributed by atoms with Gasteiger partial charge in [-0.1, -0.05) is 26.8 Å². The molecule has 0 spiro atoms. The van der Waals surface area contributed by atoms with E-state index in [-0.39, 0.29) is 18.1 Å². The third-order valence-electron chi connectivity index (χ3n) is 2.70. The van der Waals surface area contributed by atoms with Crippen LogP contribution < -0.4 is 5.32 Å². The molecule has 2 N–H and O–H groups in total. The topological polar surface area (TPSA) is 45.1 Å². The number of pyridine rings is 1. The minimum atomic E-state index is 0.106. The Bertz CT molecular complexity index is 314. The Morgan fingerprint density at radius 3 is 2.50 bits per heavy atom. The first-order valence-corrected chi connectivity index (χ1v) is 5.73. The molecule has 0 aromatic carbocycles. The summed E-state index contributed by atoms with van der Waals surface area (Å²) in [7, 11) is 0. The fraction of sp³-hybridized carbons (Fsp3) is 0.615. The summed E-state index contributed by atoms with van der Waals surface area (Å²) in [5.74, 6) is 0.874. The molecule has 0 aliphatic rings. The number of rotatable bonds is 4. The van der Waals surface area contributed by atoms with Gasteiger partial charge in [-0.05, 0) is 30.4 Å². The lowest BCUT2D eigenvalue weighted by Crippen LogP contribution is -2.35. The number of nitrogens with zero attached hydrogens (tertiary/aromatic N) is 1. The van der Waals surface area contributed by atoms with Crippen molar-refractivity contribution >= 4 is 5.82 Å². The first kappa shape index (κ1) is 13.0. The molecule has 16 heavy (non-hydrogen) atoms. The van der Waals surface area contributed by atoms with Gasteiger partial charge in [-0.25, -0.2) is 4.98 Å². The number of hydrogen-bond donors (Lipinski definition) is 2. The molecule has 1 atom stereocenters. The van der Waals surface area contributed by atoms with E-state index in [9.17, 15) is 0 Å². The molecule has 0 bridgehead atoms. The van der Waals surface area contributed by atoms with Gasteiger partial charge in [0.25, 0.3) is 0 Å². The Balaban J connectivity index is 2.72. The minimum absolute atomic E-state index is 0.106. The van der Waals surface area contributed by atoms with Crippen LogP contribution in [0.5, 0.6) is 0 Å². The number of hydrogen-bond acceptors (Lipinski definition) is 3. The number of aliphatic hydroxyl groups excluding tert-OH is 1. The molecule has 0 fully saturated rings. The Morgan fingerprint density at radius 2 is 2.06 bits per heavy atom. The Hall–Kier alpha value is -1.09. The molecule has 1 aromatic heterocycles. The Labute approximate surface area is 97.9 Å². The van der Waals surface area contributed by atoms with Gasteiger partial charge in [0.15, 0.2) is 0 Å². The lowest BCUT2D eigenvalue weighted by Gasteiger charge is -2.31. The highest BCUT2D eigenvalue weighted by molar-refractivity contribution is 5.36. The second kappa shape index (κ2) is 5.30. The third kappa shape index (κ3) is 3.81. The van der Waals surface area contributed by atoms with Crippen molar-refractivity contribution in [2.75, 3.05) is 11.9 Å². The first-order valence-electron chi connectivity index (χ1n) is 5.73. The molecule has 1 heterocycles. The van der Waals surface area contributed by atoms with E-state index in [1.807, 2.05) is 25.3 Å². The van der Waals surface area contributed by atoms with Gasteiger partial charge in [0.05, 0.1) is 0 Å². The highest BCUT2D eigenvalue weighted by atomic mass is 16.3. The molecule has 0 radical (unpaired) electrons. The number of anilines is 1. The van der Waals surface area contributed by atoms with E-state index in [1.54, 1.807) is 0 Å². The lowest BCUT2D eigenvalue weighted by molar-refractivity contribution is 0.235. The summed E-state index contributed by atoms with van der Waals surface area (Å²) >= 11 is 0. The van der Waals surface area contributed by atoms with Crippen LogP contribution >= 0.6 is 0 Å². The largest absolute Gasteiger partial charge is 0.396 e. The van der Waals surface area contributed by atoms with Crippen molar-refractivity contribution in [2.24, 2.45) is 5.41 Å². The normalized spacial score (nSPS) is 13.6. The zero-order valence-corrected chi connectivity index (χ0v) is 10.6. The van der Waals surface area contributed by atoms with Crippen LogP contribution in [0.4, 0.5) is 5.82 Å². The van der Waals surface area contributed by atoms with E-state index in [0.717, 1.165) is 17.8 Å². The number of aryl methyl sites for hydroxylation is 1. The van der Waals surface area contributed by atoms with Crippen molar-refractivity contribution in [1.82, 2.24) is 4.98 Å². The van der Waals surface area contributed by atoms with Gasteiger partial charge < -0.3 is 10.4 Å². The molecule has 0 saturated heterocycles. The lowest BCUT2D eigenvalue weighted by atomic mass is 9.85. The van der Waals surface area contributed by atoms with Crippen LogP contribution in [0.25, 0.3) is 0 Å². The predicted molar refractivity (Wildman–Crippen MR) is 67.5 cm³/mol. The quantitative estimate of drug-likeness (QED) is 0.823. The van der Waals surface area contributed by atoms with Crippen molar-refractivity contribution in [3.8, 4) is 0 Å². The number of nitrogens with one attached hydrogen (secondary N) is 1. The average Bonchev–Trinajstić information content (AvgIpc) is 2.19. The van der Waals surface area contributed by atoms with Crippen LogP contribution in [-0.2, 0) is 0 Å². The summed E-state index contributed by atoms with van der Waals surface area (Å²) in [5.41, 5.74) is 1.26. The van der Waals surface area contributed by atoms with Gasteiger partial charge in [0.2, 0.25) is 0 Å². The van der Waals surface area contributed by atoms with Crippen molar-refractivity contribution in [2.45, 2.75) is 40.2 Å². The average molecular weight is 222 g/mol. The van der Waals surface area contributed by atoms with Crippen molar-refractivity contribution in [3.05, 3.63) is 23.9 Å². The standard InChI is InChI=1S/C13H22N2O/c1-10-5-6-12(14-9-10)15-11(7-8-16)13(2,3)4/h5-6,9,11,16H,7-8H2,1-4H3,(H,14,15). The second-order valence-electron chi connectivity index (χ2n) is 5.30. The third-order valence-corrected chi connectivity index (χ3v) is 2.70. The van der Waals surface area contributed by atoms with E-state index >= 15 is 0 Å². The van der Waals surface area contributed by atoms with E-state index in [4.69, 9.17) is 5.11 Å². The summed E-state index contributed by atoms with van der Waals surface area (Å²) in [6, 6.07) is 4.24. The number of aromatic nitrogens is 1. The molecule has 0 amide bonds. The maximum absolute atomic E-state index is 9.06. The van der Waals surface area contributed by atoms with Gasteiger partial charge in [-0.3, -0.25) is 0 Å². The fourth-order valence-electron chi connectivity index (χ4n) is 1.58. The van der Waals surface area contributed by atoms with Crippen molar-refractivity contribution < 1.29 is 5.11 Å². The highest BCUT2D eigenvalue weighted by Crippen LogP contribution is 2.24. The van der Waals surface area contributed by atoms with Gasteiger partial charge >= 0.3 is 0 Å². The van der Waals surface area contributed by atoms with Gasteiger partial charge in [-0.2, -0.15) is 0 Å². The zero-order valence-electron chi connectivity index (χ0n) is 10.6. The summed E-state index contributed by atoms with van der Waals surface area (Å²) in [5, 5.41) is 12.4. The molecule has 0 aliphatic heterocycles. The zero-order chi connectivity index (χ0) is 12.2. The van der Waals surface area contributed by atoms with Crippen LogP contribution in [-0.4, -0.2) is 22.7 Å². The van der Waals surface area contributed by atoms with Crippen LogP contribution in [0, 0.1) is 12.3 Å². The monoisotopic (exact) mass is 222 g/mol. The van der Waals surface area contributed by atoms with Gasteiger partial charge in [0, 0.05) is 18.8 Å². The summed E-state index contributed by atoms with van der Waals surface area (Å²) < 4.78 is 0. The van der Waals surface area contributed by atoms with Crippen molar-refractivity contribution in [1.29, 1.82) is 0 Å². The molecule has 0 saturated carbocycles. The SMILES string of the molecule is Cc1ccc(NC(CCO)C(C)(C)C)nc1. The van der Waals surface area contributed by atoms with Gasteiger partial charge in [-0.15, -0.1) is 0 Å². The minimum Gasteiger partial charge on any atom is -0.396 e. The molecule has 3 nitrogen and oxygen atoms in total. The Morgan fingerprint density at radius 1 is 1.38 bits per heavy atom. The Kier molecular flexibility index (Phi) is 4.30. The molecule has 1 aromatic rings. The first-order chi connectivity index (χ1) is 7.43. The van der Waals surface area contributed by atoms with Crippen LogP contribution in [0.1, 0.15) is 32.8 Å². The molecule has 3 heteroatoms.